The van der Waals surface area contributed by atoms with Crippen LogP contribution in [-0.2, 0) is 23.5 Å². The second-order valence-corrected chi connectivity index (χ2v) is 10.1. The van der Waals surface area contributed by atoms with Gasteiger partial charge in [0.05, 0.1) is 28.8 Å². The molecule has 1 N–H and O–H groups in total. The van der Waals surface area contributed by atoms with Crippen LogP contribution in [0.3, 0.4) is 0 Å². The summed E-state index contributed by atoms with van der Waals surface area (Å²) < 4.78 is 50.4. The number of benzene rings is 3. The number of halogens is 2. The Hall–Kier alpha value is -5.34. The second-order valence-electron chi connectivity index (χ2n) is 10.1. The second kappa shape index (κ2) is 10.8. The van der Waals surface area contributed by atoms with Gasteiger partial charge in [-0.1, -0.05) is 12.1 Å². The van der Waals surface area contributed by atoms with Gasteiger partial charge in [0.15, 0.2) is 11.5 Å². The van der Waals surface area contributed by atoms with Crippen molar-refractivity contribution >= 4 is 17.0 Å². The summed E-state index contributed by atoms with van der Waals surface area (Å²) in [6.45, 7) is 2.27. The Morgan fingerprint density at radius 3 is 2.58 bits per heavy atom. The van der Waals surface area contributed by atoms with E-state index in [0.29, 0.717) is 51.7 Å². The summed E-state index contributed by atoms with van der Waals surface area (Å²) in [6, 6.07) is 17.3. The van der Waals surface area contributed by atoms with E-state index in [1.165, 1.54) is 37.6 Å². The number of nitriles is 1. The molecule has 0 fully saturated rings. The first-order valence-electron chi connectivity index (χ1n) is 13.3. The summed E-state index contributed by atoms with van der Waals surface area (Å²) in [7, 11) is 1.53. The molecule has 216 valence electrons. The average molecular weight is 583 g/mol. The lowest BCUT2D eigenvalue weighted by Crippen LogP contribution is -2.32. The topological polar surface area (TPSA) is 119 Å². The Kier molecular flexibility index (Phi) is 6.99. The maximum Gasteiger partial charge on any atom is 0.335 e. The van der Waals surface area contributed by atoms with Crippen LogP contribution in [0.25, 0.3) is 22.2 Å². The standard InChI is InChI=1S/C32H24F2N4O5/c1-32(28-9-6-18(16-35)17-36-28)42-27-5-3-4-21(30(27)43-32)20-12-23(33)22(24(34)13-20)15-29-37-25-8-7-19(31(39)40)14-26(25)38(29)10-11-41-2/h3-9,12-14,17H,10-11,15H2,1-2H3,(H,39,40). The number of ether oxygens (including phenoxy) is 3. The van der Waals surface area contributed by atoms with E-state index in [9.17, 15) is 9.90 Å². The van der Waals surface area contributed by atoms with Gasteiger partial charge in [0, 0.05) is 44.3 Å². The Bertz CT molecular complexity index is 1910. The molecule has 1 atom stereocenters. The lowest BCUT2D eigenvalue weighted by atomic mass is 10.00. The minimum absolute atomic E-state index is 0.0759. The van der Waals surface area contributed by atoms with Crippen molar-refractivity contribution in [1.29, 1.82) is 5.26 Å². The molecule has 0 spiro atoms. The number of imidazole rings is 1. The average Bonchev–Trinajstić information content (AvgIpc) is 3.54. The van der Waals surface area contributed by atoms with E-state index >= 15 is 8.78 Å². The molecule has 0 aliphatic carbocycles. The molecule has 3 heterocycles. The van der Waals surface area contributed by atoms with E-state index in [1.807, 2.05) is 6.07 Å². The van der Waals surface area contributed by atoms with Crippen LogP contribution in [0.1, 0.15) is 39.9 Å². The van der Waals surface area contributed by atoms with Crippen LogP contribution < -0.4 is 9.47 Å². The quantitative estimate of drug-likeness (QED) is 0.243. The molecule has 1 aliphatic heterocycles. The monoisotopic (exact) mass is 582 g/mol. The van der Waals surface area contributed by atoms with Crippen LogP contribution in [0.15, 0.2) is 66.9 Å². The van der Waals surface area contributed by atoms with Crippen molar-refractivity contribution in [2.45, 2.75) is 25.7 Å². The predicted octanol–water partition coefficient (Wildman–Crippen LogP) is 5.83. The smallest absolute Gasteiger partial charge is 0.335 e. The number of nitrogens with zero attached hydrogens (tertiary/aromatic N) is 4. The van der Waals surface area contributed by atoms with Gasteiger partial charge in [0.2, 0.25) is 0 Å². The van der Waals surface area contributed by atoms with Crippen LogP contribution in [0.4, 0.5) is 8.78 Å². The van der Waals surface area contributed by atoms with Crippen LogP contribution in [0.2, 0.25) is 0 Å². The number of pyridine rings is 1. The number of hydrogen-bond donors (Lipinski definition) is 1. The van der Waals surface area contributed by atoms with Gasteiger partial charge >= 0.3 is 5.97 Å². The lowest BCUT2D eigenvalue weighted by molar-refractivity contribution is -0.0715. The van der Waals surface area contributed by atoms with E-state index in [0.717, 1.165) is 0 Å². The molecule has 5 aromatic rings. The molecule has 0 bridgehead atoms. The molecule has 0 amide bonds. The molecule has 3 aromatic carbocycles. The van der Waals surface area contributed by atoms with Gasteiger partial charge in [0.1, 0.15) is 29.2 Å². The molecule has 0 saturated heterocycles. The van der Waals surface area contributed by atoms with Gasteiger partial charge in [-0.05, 0) is 54.1 Å². The summed E-state index contributed by atoms with van der Waals surface area (Å²) in [5.74, 6) is -2.92. The third kappa shape index (κ3) is 5.02. The highest BCUT2D eigenvalue weighted by molar-refractivity contribution is 5.92. The fraction of sp³-hybridized carbons (Fsp3) is 0.188. The van der Waals surface area contributed by atoms with Gasteiger partial charge < -0.3 is 23.9 Å². The highest BCUT2D eigenvalue weighted by Gasteiger charge is 2.41. The summed E-state index contributed by atoms with van der Waals surface area (Å²) >= 11 is 0. The number of aromatic nitrogens is 3. The minimum Gasteiger partial charge on any atom is -0.478 e. The van der Waals surface area contributed by atoms with Crippen molar-refractivity contribution in [2.24, 2.45) is 0 Å². The summed E-state index contributed by atoms with van der Waals surface area (Å²) in [4.78, 5) is 20.4. The maximum atomic E-state index is 15.6. The van der Waals surface area contributed by atoms with Crippen molar-refractivity contribution in [1.82, 2.24) is 14.5 Å². The molecule has 43 heavy (non-hydrogen) atoms. The van der Waals surface area contributed by atoms with Crippen molar-refractivity contribution in [3.8, 4) is 28.7 Å². The zero-order valence-corrected chi connectivity index (χ0v) is 23.1. The summed E-state index contributed by atoms with van der Waals surface area (Å²) in [6.07, 6.45) is 1.24. The zero-order valence-electron chi connectivity index (χ0n) is 23.1. The van der Waals surface area contributed by atoms with Crippen LogP contribution in [-0.4, -0.2) is 39.3 Å². The number of carboxylic acids is 1. The van der Waals surface area contributed by atoms with Gasteiger partial charge in [-0.15, -0.1) is 0 Å². The molecule has 11 heteroatoms. The van der Waals surface area contributed by atoms with Gasteiger partial charge in [-0.2, -0.15) is 5.26 Å². The fourth-order valence-electron chi connectivity index (χ4n) is 5.15. The molecule has 6 rings (SSSR count). The third-order valence-electron chi connectivity index (χ3n) is 7.32. The molecular weight excluding hydrogens is 558 g/mol. The van der Waals surface area contributed by atoms with Gasteiger partial charge in [0.25, 0.3) is 5.79 Å². The summed E-state index contributed by atoms with van der Waals surface area (Å²) in [5.41, 5.74) is 2.40. The van der Waals surface area contributed by atoms with Crippen molar-refractivity contribution < 1.29 is 32.9 Å². The largest absolute Gasteiger partial charge is 0.478 e. The first kappa shape index (κ1) is 27.8. The first-order valence-corrected chi connectivity index (χ1v) is 13.3. The van der Waals surface area contributed by atoms with Crippen LogP contribution in [0.5, 0.6) is 11.5 Å². The fourth-order valence-corrected chi connectivity index (χ4v) is 5.15. The van der Waals surface area contributed by atoms with Gasteiger partial charge in [-0.3, -0.25) is 4.98 Å². The molecule has 2 aromatic heterocycles. The van der Waals surface area contributed by atoms with Crippen molar-refractivity contribution in [2.75, 3.05) is 13.7 Å². The zero-order chi connectivity index (χ0) is 30.3. The van der Waals surface area contributed by atoms with Crippen LogP contribution in [0, 0.1) is 23.0 Å². The van der Waals surface area contributed by atoms with Crippen molar-refractivity contribution in [3.63, 3.8) is 0 Å². The van der Waals surface area contributed by atoms with E-state index < -0.39 is 23.4 Å². The van der Waals surface area contributed by atoms with Gasteiger partial charge in [-0.25, -0.2) is 18.6 Å². The Balaban J connectivity index is 1.34. The molecule has 1 aliphatic rings. The van der Waals surface area contributed by atoms with Crippen LogP contribution >= 0.6 is 0 Å². The Labute approximate surface area is 244 Å². The van der Waals surface area contributed by atoms with E-state index in [4.69, 9.17) is 19.5 Å². The van der Waals surface area contributed by atoms with E-state index in [1.54, 1.807) is 47.9 Å². The molecular formula is C32H24F2N4O5. The van der Waals surface area contributed by atoms with E-state index in [-0.39, 0.29) is 29.7 Å². The normalized spacial score (nSPS) is 15.5. The number of aromatic carboxylic acids is 1. The van der Waals surface area contributed by atoms with E-state index in [2.05, 4.69) is 9.97 Å². The summed E-state index contributed by atoms with van der Waals surface area (Å²) in [5, 5.41) is 18.5. The molecule has 9 nitrogen and oxygen atoms in total. The number of fused-ring (bicyclic) bond motifs is 2. The predicted molar refractivity (Wildman–Crippen MR) is 151 cm³/mol. The number of carbonyl (C=O) groups is 1. The number of para-hydroxylation sites is 1. The number of rotatable bonds is 8. The maximum absolute atomic E-state index is 15.6. The molecule has 0 radical (unpaired) electrons. The lowest BCUT2D eigenvalue weighted by Gasteiger charge is -2.22. The Morgan fingerprint density at radius 1 is 1.12 bits per heavy atom. The highest BCUT2D eigenvalue weighted by Crippen LogP contribution is 2.49. The Morgan fingerprint density at radius 2 is 1.91 bits per heavy atom. The number of methoxy groups -OCH3 is 1. The first-order chi connectivity index (χ1) is 20.7. The highest BCUT2D eigenvalue weighted by atomic mass is 19.1. The number of carboxylic acid groups (broad SMARTS) is 1. The minimum atomic E-state index is -1.31. The third-order valence-corrected chi connectivity index (χ3v) is 7.32. The molecule has 0 saturated carbocycles. The number of hydrogen-bond acceptors (Lipinski definition) is 7. The SMILES string of the molecule is COCCn1c(Cc2c(F)cc(-c3cccc4c3OC(C)(c3ccc(C#N)cn3)O4)cc2F)nc2ccc(C(=O)O)cc21. The van der Waals surface area contributed by atoms with Crippen molar-refractivity contribution in [3.05, 3.63) is 107 Å². The molecule has 1 unspecified atom stereocenters.